The molecular weight excluding hydrogens is 303 g/mol. The molecule has 0 unspecified atom stereocenters. The SMILES string of the molecule is COc1nc2ccc(B3OC(C)(C)C(C)(C)O3)cc2n1C1(C)CC1. The van der Waals surface area contributed by atoms with Crippen LogP contribution in [0.25, 0.3) is 11.0 Å². The van der Waals surface area contributed by atoms with E-state index in [4.69, 9.17) is 14.0 Å². The molecule has 1 aliphatic heterocycles. The smallest absolute Gasteiger partial charge is 0.468 e. The number of fused-ring (bicyclic) bond motifs is 1. The summed E-state index contributed by atoms with van der Waals surface area (Å²) in [6.07, 6.45) is 2.30. The monoisotopic (exact) mass is 328 g/mol. The fraction of sp³-hybridized carbons (Fsp3) is 0.611. The topological polar surface area (TPSA) is 45.5 Å². The Balaban J connectivity index is 1.79. The molecule has 6 heteroatoms. The summed E-state index contributed by atoms with van der Waals surface area (Å²) in [7, 11) is 1.32. The van der Waals surface area contributed by atoms with E-state index in [-0.39, 0.29) is 23.9 Å². The van der Waals surface area contributed by atoms with Gasteiger partial charge in [-0.15, -0.1) is 0 Å². The fourth-order valence-corrected chi connectivity index (χ4v) is 3.26. The maximum Gasteiger partial charge on any atom is 0.494 e. The lowest BCUT2D eigenvalue weighted by atomic mass is 9.79. The van der Waals surface area contributed by atoms with Crippen LogP contribution in [-0.4, -0.2) is 35.0 Å². The average molecular weight is 328 g/mol. The molecule has 0 spiro atoms. The first-order valence-corrected chi connectivity index (χ1v) is 8.59. The summed E-state index contributed by atoms with van der Waals surface area (Å²) in [4.78, 5) is 4.62. The molecule has 2 aliphatic rings. The van der Waals surface area contributed by atoms with E-state index in [1.165, 1.54) is 0 Å². The maximum absolute atomic E-state index is 6.19. The molecule has 0 N–H and O–H groups in total. The highest BCUT2D eigenvalue weighted by Crippen LogP contribution is 2.47. The summed E-state index contributed by atoms with van der Waals surface area (Å²) >= 11 is 0. The van der Waals surface area contributed by atoms with E-state index in [9.17, 15) is 0 Å². The third-order valence-electron chi connectivity index (χ3n) is 5.87. The summed E-state index contributed by atoms with van der Waals surface area (Å²) in [6.45, 7) is 10.5. The van der Waals surface area contributed by atoms with Gasteiger partial charge in [-0.3, -0.25) is 4.57 Å². The van der Waals surface area contributed by atoms with E-state index in [1.54, 1.807) is 7.11 Å². The molecule has 2 heterocycles. The average Bonchev–Trinajstić information content (AvgIpc) is 3.05. The van der Waals surface area contributed by atoms with Gasteiger partial charge in [-0.1, -0.05) is 6.07 Å². The van der Waals surface area contributed by atoms with Gasteiger partial charge in [-0.05, 0) is 65.1 Å². The van der Waals surface area contributed by atoms with Gasteiger partial charge in [0.05, 0.1) is 29.3 Å². The van der Waals surface area contributed by atoms with Crippen molar-refractivity contribution in [3.63, 3.8) is 0 Å². The molecule has 128 valence electrons. The molecule has 1 saturated carbocycles. The molecule has 4 rings (SSSR count). The van der Waals surface area contributed by atoms with Gasteiger partial charge >= 0.3 is 7.12 Å². The van der Waals surface area contributed by atoms with Crippen molar-refractivity contribution in [3.05, 3.63) is 18.2 Å². The van der Waals surface area contributed by atoms with E-state index in [0.717, 1.165) is 29.3 Å². The molecule has 1 saturated heterocycles. The predicted molar refractivity (Wildman–Crippen MR) is 94.9 cm³/mol. The van der Waals surface area contributed by atoms with Gasteiger partial charge in [0.25, 0.3) is 6.01 Å². The fourth-order valence-electron chi connectivity index (χ4n) is 3.26. The Labute approximate surface area is 143 Å². The summed E-state index contributed by atoms with van der Waals surface area (Å²) in [5.74, 6) is 0. The third kappa shape index (κ3) is 2.20. The van der Waals surface area contributed by atoms with Crippen molar-refractivity contribution in [2.24, 2.45) is 0 Å². The van der Waals surface area contributed by atoms with Gasteiger partial charge in [-0.2, -0.15) is 4.98 Å². The van der Waals surface area contributed by atoms with Crippen LogP contribution in [0.4, 0.5) is 0 Å². The highest BCUT2D eigenvalue weighted by atomic mass is 16.7. The van der Waals surface area contributed by atoms with Crippen LogP contribution in [0.5, 0.6) is 6.01 Å². The first-order valence-electron chi connectivity index (χ1n) is 8.59. The Morgan fingerprint density at radius 1 is 1.08 bits per heavy atom. The van der Waals surface area contributed by atoms with Crippen molar-refractivity contribution < 1.29 is 14.0 Å². The number of hydrogen-bond acceptors (Lipinski definition) is 4. The first-order chi connectivity index (χ1) is 11.2. The Bertz CT molecular complexity index is 792. The summed E-state index contributed by atoms with van der Waals surface area (Å²) in [6, 6.07) is 6.88. The molecular formula is C18H25BN2O3. The summed E-state index contributed by atoms with van der Waals surface area (Å²) < 4.78 is 20.1. The second-order valence-corrected chi connectivity index (χ2v) is 8.27. The van der Waals surface area contributed by atoms with E-state index in [1.807, 2.05) is 12.1 Å². The van der Waals surface area contributed by atoms with Crippen LogP contribution in [0.1, 0.15) is 47.5 Å². The highest BCUT2D eigenvalue weighted by molar-refractivity contribution is 6.62. The molecule has 1 aromatic carbocycles. The lowest BCUT2D eigenvalue weighted by Gasteiger charge is -2.32. The zero-order valence-electron chi connectivity index (χ0n) is 15.3. The first kappa shape index (κ1) is 16.0. The van der Waals surface area contributed by atoms with Crippen LogP contribution in [0.15, 0.2) is 18.2 Å². The van der Waals surface area contributed by atoms with Gasteiger partial charge in [0, 0.05) is 5.54 Å². The highest BCUT2D eigenvalue weighted by Gasteiger charge is 2.52. The quantitative estimate of drug-likeness (QED) is 0.813. The summed E-state index contributed by atoms with van der Waals surface area (Å²) in [5.41, 5.74) is 2.47. The van der Waals surface area contributed by atoms with Gasteiger partial charge in [-0.25, -0.2) is 0 Å². The van der Waals surface area contributed by atoms with Gasteiger partial charge < -0.3 is 14.0 Å². The molecule has 2 aromatic rings. The number of ether oxygens (including phenoxy) is 1. The third-order valence-corrected chi connectivity index (χ3v) is 5.87. The zero-order chi connectivity index (χ0) is 17.3. The van der Waals surface area contributed by atoms with Crippen molar-refractivity contribution in [2.75, 3.05) is 7.11 Å². The molecule has 24 heavy (non-hydrogen) atoms. The van der Waals surface area contributed by atoms with Crippen LogP contribution < -0.4 is 10.2 Å². The number of imidazole rings is 1. The molecule has 1 aromatic heterocycles. The Morgan fingerprint density at radius 3 is 2.25 bits per heavy atom. The number of nitrogens with zero attached hydrogens (tertiary/aromatic N) is 2. The van der Waals surface area contributed by atoms with Gasteiger partial charge in [0.1, 0.15) is 0 Å². The largest absolute Gasteiger partial charge is 0.494 e. The molecule has 2 fully saturated rings. The van der Waals surface area contributed by atoms with Crippen LogP contribution in [0.2, 0.25) is 0 Å². The summed E-state index contributed by atoms with van der Waals surface area (Å²) in [5, 5.41) is 0. The van der Waals surface area contributed by atoms with Crippen LogP contribution in [-0.2, 0) is 14.8 Å². The minimum absolute atomic E-state index is 0.106. The van der Waals surface area contributed by atoms with E-state index < -0.39 is 0 Å². The van der Waals surface area contributed by atoms with E-state index >= 15 is 0 Å². The van der Waals surface area contributed by atoms with Crippen LogP contribution in [0.3, 0.4) is 0 Å². The lowest BCUT2D eigenvalue weighted by Crippen LogP contribution is -2.41. The minimum Gasteiger partial charge on any atom is -0.468 e. The lowest BCUT2D eigenvalue weighted by molar-refractivity contribution is 0.00578. The number of aromatic nitrogens is 2. The molecule has 1 aliphatic carbocycles. The van der Waals surface area contributed by atoms with Gasteiger partial charge in [0.2, 0.25) is 0 Å². The normalized spacial score (nSPS) is 23.7. The minimum atomic E-state index is -0.360. The van der Waals surface area contributed by atoms with E-state index in [0.29, 0.717) is 6.01 Å². The van der Waals surface area contributed by atoms with Crippen molar-refractivity contribution in [2.45, 2.75) is 64.2 Å². The zero-order valence-corrected chi connectivity index (χ0v) is 15.3. The van der Waals surface area contributed by atoms with Crippen molar-refractivity contribution >= 4 is 23.6 Å². The van der Waals surface area contributed by atoms with Crippen LogP contribution >= 0.6 is 0 Å². The molecule has 0 atom stereocenters. The molecule has 0 bridgehead atoms. The Hall–Kier alpha value is -1.53. The van der Waals surface area contributed by atoms with Crippen molar-refractivity contribution in [1.82, 2.24) is 9.55 Å². The van der Waals surface area contributed by atoms with Crippen molar-refractivity contribution in [3.8, 4) is 6.01 Å². The van der Waals surface area contributed by atoms with E-state index in [2.05, 4.69) is 50.2 Å². The molecule has 5 nitrogen and oxygen atoms in total. The van der Waals surface area contributed by atoms with Crippen LogP contribution in [0, 0.1) is 0 Å². The second-order valence-electron chi connectivity index (χ2n) is 8.27. The van der Waals surface area contributed by atoms with Gasteiger partial charge in [0.15, 0.2) is 0 Å². The Kier molecular flexibility index (Phi) is 3.17. The number of hydrogen-bond donors (Lipinski definition) is 0. The molecule has 0 amide bonds. The number of methoxy groups -OCH3 is 1. The Morgan fingerprint density at radius 2 is 1.71 bits per heavy atom. The maximum atomic E-state index is 6.19. The standard InChI is InChI=1S/C18H25BN2O3/c1-16(2)17(3,4)24-19(23-16)12-7-8-13-14(11-12)21(15(20-13)22-6)18(5)9-10-18/h7-8,11H,9-10H2,1-6H3. The second kappa shape index (κ2) is 4.76. The molecule has 0 radical (unpaired) electrons. The number of rotatable bonds is 3. The predicted octanol–water partition coefficient (Wildman–Crippen LogP) is 2.85. The number of benzene rings is 1. The van der Waals surface area contributed by atoms with Crippen molar-refractivity contribution in [1.29, 1.82) is 0 Å².